The number of nitrogens with one attached hydrogen (secondary N) is 2. The molecule has 212 valence electrons. The van der Waals surface area contributed by atoms with Crippen molar-refractivity contribution in [1.29, 1.82) is 0 Å². The summed E-state index contributed by atoms with van der Waals surface area (Å²) in [4.78, 5) is 38.6. The van der Waals surface area contributed by atoms with Gasteiger partial charge in [0.1, 0.15) is 0 Å². The van der Waals surface area contributed by atoms with E-state index >= 15 is 0 Å². The molecule has 10 heteroatoms. The molecule has 0 spiro atoms. The number of benzene rings is 1. The molecule has 4 rings (SSSR count). The molecule has 2 fully saturated rings. The van der Waals surface area contributed by atoms with Crippen molar-refractivity contribution in [3.05, 3.63) is 54.1 Å². The van der Waals surface area contributed by atoms with E-state index in [1.165, 1.54) is 23.5 Å². The fraction of sp³-hybridized carbons (Fsp3) is 0.586. The first-order valence-corrected chi connectivity index (χ1v) is 13.5. The fourth-order valence-electron chi connectivity index (χ4n) is 5.34. The van der Waals surface area contributed by atoms with Crippen molar-refractivity contribution < 1.29 is 23.1 Å². The molecular weight excluding hydrogens is 504 g/mol. The smallest absolute Gasteiger partial charge is 0.252 e. The molecule has 1 unspecified atom stereocenters. The number of carbonyl (C=O) groups is 2. The predicted octanol–water partition coefficient (Wildman–Crippen LogP) is 4.09. The minimum absolute atomic E-state index is 0.110. The molecule has 1 saturated carbocycles. The Morgan fingerprint density at radius 3 is 2.31 bits per heavy atom. The van der Waals surface area contributed by atoms with Crippen LogP contribution >= 0.6 is 0 Å². The van der Waals surface area contributed by atoms with E-state index in [1.54, 1.807) is 14.0 Å². The number of halogens is 2. The Hall–Kier alpha value is -2.98. The van der Waals surface area contributed by atoms with Crippen LogP contribution in [-0.4, -0.2) is 59.5 Å². The standard InChI is InChI=1S/C29H39F2N5O3/c1-27(2,3)19-6-8-21(9-7-19)36(25(37)23-16-22(39-5)17-34-23)28(4,24-18-32-14-15-33-24)26(38)35-20-10-12-29(30,31)13-11-20/h6-9,14-15,18,20,22-23,34H,10-13,16-17H2,1-5H3,(H,35,38)/t22-,23-,28?/m1/s1. The van der Waals surface area contributed by atoms with Crippen LogP contribution in [0.15, 0.2) is 42.9 Å². The van der Waals surface area contributed by atoms with E-state index in [4.69, 9.17) is 4.74 Å². The van der Waals surface area contributed by atoms with Crippen LogP contribution in [-0.2, 0) is 25.3 Å². The van der Waals surface area contributed by atoms with Crippen LogP contribution in [0.1, 0.15) is 71.1 Å². The summed E-state index contributed by atoms with van der Waals surface area (Å²) in [7, 11) is 1.60. The minimum Gasteiger partial charge on any atom is -0.380 e. The normalized spacial score (nSPS) is 23.2. The van der Waals surface area contributed by atoms with Gasteiger partial charge in [-0.15, -0.1) is 0 Å². The molecule has 1 aromatic carbocycles. The van der Waals surface area contributed by atoms with Crippen molar-refractivity contribution in [2.24, 2.45) is 0 Å². The second kappa shape index (κ2) is 11.3. The number of amides is 2. The first-order valence-electron chi connectivity index (χ1n) is 13.5. The van der Waals surface area contributed by atoms with Crippen LogP contribution in [0, 0.1) is 0 Å². The Kier molecular flexibility index (Phi) is 8.37. The van der Waals surface area contributed by atoms with Gasteiger partial charge in [0.05, 0.1) is 24.0 Å². The number of nitrogens with zero attached hydrogens (tertiary/aromatic N) is 3. The Morgan fingerprint density at radius 1 is 1.10 bits per heavy atom. The van der Waals surface area contributed by atoms with Gasteiger partial charge in [-0.3, -0.25) is 24.5 Å². The highest BCUT2D eigenvalue weighted by Gasteiger charge is 2.50. The number of hydrogen-bond donors (Lipinski definition) is 2. The summed E-state index contributed by atoms with van der Waals surface area (Å²) in [5, 5.41) is 6.20. The number of aromatic nitrogens is 2. The second-order valence-electron chi connectivity index (χ2n) is 11.8. The van der Waals surface area contributed by atoms with Crippen LogP contribution in [0.5, 0.6) is 0 Å². The lowest BCUT2D eigenvalue weighted by Gasteiger charge is -2.42. The highest BCUT2D eigenvalue weighted by molar-refractivity contribution is 6.06. The van der Waals surface area contributed by atoms with Crippen LogP contribution in [0.2, 0.25) is 0 Å². The predicted molar refractivity (Wildman–Crippen MR) is 145 cm³/mol. The van der Waals surface area contributed by atoms with Crippen molar-refractivity contribution in [1.82, 2.24) is 20.6 Å². The number of methoxy groups -OCH3 is 1. The molecule has 0 radical (unpaired) electrons. The van der Waals surface area contributed by atoms with Gasteiger partial charge in [0.25, 0.3) is 5.91 Å². The molecule has 2 aromatic rings. The summed E-state index contributed by atoms with van der Waals surface area (Å²) >= 11 is 0. The van der Waals surface area contributed by atoms with E-state index in [0.717, 1.165) is 5.56 Å². The average molecular weight is 544 g/mol. The van der Waals surface area contributed by atoms with Gasteiger partial charge in [-0.2, -0.15) is 0 Å². The second-order valence-corrected chi connectivity index (χ2v) is 11.8. The summed E-state index contributed by atoms with van der Waals surface area (Å²) in [5.74, 6) is -3.53. The maximum atomic E-state index is 14.3. The maximum Gasteiger partial charge on any atom is 0.252 e. The lowest BCUT2D eigenvalue weighted by Crippen LogP contribution is -2.62. The van der Waals surface area contributed by atoms with Crippen LogP contribution in [0.4, 0.5) is 14.5 Å². The van der Waals surface area contributed by atoms with Gasteiger partial charge in [-0.05, 0) is 49.3 Å². The van der Waals surface area contributed by atoms with E-state index in [2.05, 4.69) is 41.4 Å². The number of ether oxygens (including phenoxy) is 1. The van der Waals surface area contributed by atoms with Gasteiger partial charge in [0.15, 0.2) is 5.54 Å². The van der Waals surface area contributed by atoms with Gasteiger partial charge in [0, 0.05) is 50.6 Å². The lowest BCUT2D eigenvalue weighted by molar-refractivity contribution is -0.132. The Balaban J connectivity index is 1.77. The molecule has 1 aliphatic heterocycles. The summed E-state index contributed by atoms with van der Waals surface area (Å²) in [5.41, 5.74) is 0.153. The molecule has 3 atom stereocenters. The summed E-state index contributed by atoms with van der Waals surface area (Å²) in [6.07, 6.45) is 4.48. The van der Waals surface area contributed by atoms with E-state index in [0.29, 0.717) is 18.7 Å². The molecule has 1 aliphatic carbocycles. The number of rotatable bonds is 7. The van der Waals surface area contributed by atoms with Crippen molar-refractivity contribution in [2.75, 3.05) is 18.6 Å². The number of alkyl halides is 2. The quantitative estimate of drug-likeness (QED) is 0.546. The zero-order valence-corrected chi connectivity index (χ0v) is 23.3. The molecule has 0 bridgehead atoms. The van der Waals surface area contributed by atoms with Crippen molar-refractivity contribution in [2.45, 2.75) is 94.9 Å². The Morgan fingerprint density at radius 2 is 1.77 bits per heavy atom. The highest BCUT2D eigenvalue weighted by atomic mass is 19.3. The lowest BCUT2D eigenvalue weighted by atomic mass is 9.86. The summed E-state index contributed by atoms with van der Waals surface area (Å²) < 4.78 is 33.1. The zero-order valence-electron chi connectivity index (χ0n) is 23.3. The molecule has 39 heavy (non-hydrogen) atoms. The minimum atomic E-state index is -2.72. The van der Waals surface area contributed by atoms with Gasteiger partial charge >= 0.3 is 0 Å². The van der Waals surface area contributed by atoms with Crippen LogP contribution < -0.4 is 15.5 Å². The third-order valence-electron chi connectivity index (χ3n) is 7.94. The van der Waals surface area contributed by atoms with E-state index in [-0.39, 0.29) is 48.8 Å². The Labute approximate surface area is 228 Å². The molecule has 2 N–H and O–H groups in total. The molecule has 2 aliphatic rings. The van der Waals surface area contributed by atoms with Crippen LogP contribution in [0.3, 0.4) is 0 Å². The van der Waals surface area contributed by atoms with Gasteiger partial charge in [-0.25, -0.2) is 8.78 Å². The van der Waals surface area contributed by atoms with E-state index < -0.39 is 29.5 Å². The average Bonchev–Trinajstić information content (AvgIpc) is 3.40. The number of anilines is 1. The monoisotopic (exact) mass is 543 g/mol. The molecule has 2 heterocycles. The van der Waals surface area contributed by atoms with Gasteiger partial charge in [0.2, 0.25) is 11.8 Å². The van der Waals surface area contributed by atoms with E-state index in [1.807, 2.05) is 24.3 Å². The van der Waals surface area contributed by atoms with Crippen molar-refractivity contribution >= 4 is 17.5 Å². The fourth-order valence-corrected chi connectivity index (χ4v) is 5.34. The molecule has 8 nitrogen and oxygen atoms in total. The molecular formula is C29H39F2N5O3. The first-order chi connectivity index (χ1) is 18.3. The molecule has 1 saturated heterocycles. The third kappa shape index (κ3) is 6.27. The van der Waals surface area contributed by atoms with E-state index in [9.17, 15) is 18.4 Å². The Bertz CT molecular complexity index is 1150. The maximum absolute atomic E-state index is 14.3. The topological polar surface area (TPSA) is 96.5 Å². The third-order valence-corrected chi connectivity index (χ3v) is 7.94. The zero-order chi connectivity index (χ0) is 28.4. The number of carbonyl (C=O) groups excluding carboxylic acids is 2. The largest absolute Gasteiger partial charge is 0.380 e. The first kappa shape index (κ1) is 29.0. The van der Waals surface area contributed by atoms with Crippen LogP contribution in [0.25, 0.3) is 0 Å². The van der Waals surface area contributed by atoms with Crippen molar-refractivity contribution in [3.63, 3.8) is 0 Å². The summed E-state index contributed by atoms with van der Waals surface area (Å²) in [6, 6.07) is 6.56. The SMILES string of the molecule is CO[C@H]1CN[C@@H](C(=O)N(c2ccc(C(C)(C)C)cc2)C(C)(C(=O)NC2CCC(F)(F)CC2)c2cnccn2)C1. The summed E-state index contributed by atoms with van der Waals surface area (Å²) in [6.45, 7) is 8.45. The van der Waals surface area contributed by atoms with Gasteiger partial charge < -0.3 is 15.4 Å². The number of hydrogen-bond acceptors (Lipinski definition) is 6. The van der Waals surface area contributed by atoms with Crippen molar-refractivity contribution in [3.8, 4) is 0 Å². The molecule has 1 aromatic heterocycles. The van der Waals surface area contributed by atoms with Gasteiger partial charge in [-0.1, -0.05) is 32.9 Å². The highest BCUT2D eigenvalue weighted by Crippen LogP contribution is 2.37. The molecule has 2 amide bonds.